The van der Waals surface area contributed by atoms with Gasteiger partial charge in [-0.3, -0.25) is 4.79 Å². The van der Waals surface area contributed by atoms with Crippen LogP contribution in [0.1, 0.15) is 11.3 Å². The lowest BCUT2D eigenvalue weighted by Crippen LogP contribution is -2.14. The van der Waals surface area contributed by atoms with Crippen LogP contribution >= 0.6 is 22.9 Å². The zero-order chi connectivity index (χ0) is 12.3. The molecule has 2 rings (SSSR count). The minimum atomic E-state index is -0.0872. The van der Waals surface area contributed by atoms with Gasteiger partial charge in [0.15, 0.2) is 0 Å². The van der Waals surface area contributed by atoms with Crippen molar-refractivity contribution in [1.82, 2.24) is 4.98 Å². The van der Waals surface area contributed by atoms with Gasteiger partial charge in [-0.15, -0.1) is 11.3 Å². The third kappa shape index (κ3) is 3.28. The zero-order valence-electron chi connectivity index (χ0n) is 9.24. The molecule has 0 spiro atoms. The molecule has 0 saturated heterocycles. The van der Waals surface area contributed by atoms with Gasteiger partial charge in [0.25, 0.3) is 0 Å². The predicted octanol–water partition coefficient (Wildman–Crippen LogP) is 3.29. The van der Waals surface area contributed by atoms with E-state index in [9.17, 15) is 4.79 Å². The van der Waals surface area contributed by atoms with Crippen LogP contribution < -0.4 is 5.32 Å². The minimum absolute atomic E-state index is 0.0872. The molecule has 1 amide bonds. The molecule has 1 aromatic heterocycles. The standard InChI is InChI=1S/C12H11ClN2OS/c1-8-2-3-9(4-11(8)13)15-12(16)5-10-6-17-7-14-10/h2-4,6-7H,5H2,1H3,(H,15,16). The first-order valence-corrected chi connectivity index (χ1v) is 6.40. The number of hydrogen-bond acceptors (Lipinski definition) is 3. The number of anilines is 1. The van der Waals surface area contributed by atoms with Gasteiger partial charge in [-0.2, -0.15) is 0 Å². The maximum atomic E-state index is 11.7. The van der Waals surface area contributed by atoms with Gasteiger partial charge in [0.1, 0.15) is 0 Å². The van der Waals surface area contributed by atoms with Crippen molar-refractivity contribution in [2.24, 2.45) is 0 Å². The van der Waals surface area contributed by atoms with E-state index in [-0.39, 0.29) is 12.3 Å². The molecule has 5 heteroatoms. The summed E-state index contributed by atoms with van der Waals surface area (Å²) in [5, 5.41) is 5.30. The van der Waals surface area contributed by atoms with Gasteiger partial charge in [0.2, 0.25) is 5.91 Å². The number of hydrogen-bond donors (Lipinski definition) is 1. The number of aromatic nitrogens is 1. The number of nitrogens with zero attached hydrogens (tertiary/aromatic N) is 1. The topological polar surface area (TPSA) is 42.0 Å². The van der Waals surface area contributed by atoms with Crippen molar-refractivity contribution in [3.05, 3.63) is 45.4 Å². The molecule has 3 nitrogen and oxygen atoms in total. The molecular weight excluding hydrogens is 256 g/mol. The molecule has 1 heterocycles. The fraction of sp³-hybridized carbons (Fsp3) is 0.167. The molecule has 0 aliphatic heterocycles. The van der Waals surface area contributed by atoms with E-state index in [1.54, 1.807) is 11.6 Å². The molecular formula is C12H11ClN2OS. The number of aryl methyl sites for hydroxylation is 1. The second kappa shape index (κ2) is 5.29. The third-order valence-corrected chi connectivity index (χ3v) is 3.32. The third-order valence-electron chi connectivity index (χ3n) is 2.28. The molecule has 0 atom stereocenters. The molecule has 0 aliphatic rings. The van der Waals surface area contributed by atoms with Crippen LogP contribution in [0.5, 0.6) is 0 Å². The van der Waals surface area contributed by atoms with Crippen LogP contribution in [0.2, 0.25) is 5.02 Å². The van der Waals surface area contributed by atoms with Gasteiger partial charge in [0.05, 0.1) is 17.6 Å². The van der Waals surface area contributed by atoms with E-state index >= 15 is 0 Å². The lowest BCUT2D eigenvalue weighted by Gasteiger charge is -2.05. The number of thiazole rings is 1. The van der Waals surface area contributed by atoms with Gasteiger partial charge < -0.3 is 5.32 Å². The van der Waals surface area contributed by atoms with Crippen molar-refractivity contribution in [1.29, 1.82) is 0 Å². The van der Waals surface area contributed by atoms with Crippen LogP contribution in [-0.2, 0) is 11.2 Å². The maximum absolute atomic E-state index is 11.7. The monoisotopic (exact) mass is 266 g/mol. The van der Waals surface area contributed by atoms with E-state index < -0.39 is 0 Å². The molecule has 1 N–H and O–H groups in total. The van der Waals surface area contributed by atoms with E-state index in [1.807, 2.05) is 24.4 Å². The van der Waals surface area contributed by atoms with Gasteiger partial charge in [-0.05, 0) is 24.6 Å². The summed E-state index contributed by atoms with van der Waals surface area (Å²) in [5.74, 6) is -0.0872. The van der Waals surface area contributed by atoms with Gasteiger partial charge in [-0.1, -0.05) is 17.7 Å². The maximum Gasteiger partial charge on any atom is 0.230 e. The SMILES string of the molecule is Cc1ccc(NC(=O)Cc2cscn2)cc1Cl. The summed E-state index contributed by atoms with van der Waals surface area (Å²) in [4.78, 5) is 15.7. The summed E-state index contributed by atoms with van der Waals surface area (Å²) < 4.78 is 0. The largest absolute Gasteiger partial charge is 0.326 e. The van der Waals surface area contributed by atoms with Crippen molar-refractivity contribution >= 4 is 34.5 Å². The number of rotatable bonds is 3. The molecule has 17 heavy (non-hydrogen) atoms. The second-order valence-electron chi connectivity index (χ2n) is 3.67. The highest BCUT2D eigenvalue weighted by Gasteiger charge is 2.06. The summed E-state index contributed by atoms with van der Waals surface area (Å²) in [6.45, 7) is 1.92. The molecule has 0 unspecified atom stereocenters. The first-order chi connectivity index (χ1) is 8.15. The number of halogens is 1. The van der Waals surface area contributed by atoms with Crippen molar-refractivity contribution in [3.8, 4) is 0 Å². The molecule has 88 valence electrons. The van der Waals surface area contributed by atoms with Gasteiger partial charge >= 0.3 is 0 Å². The molecule has 0 bridgehead atoms. The Morgan fingerprint density at radius 2 is 2.35 bits per heavy atom. The Bertz CT molecular complexity index is 525. The van der Waals surface area contributed by atoms with E-state index in [4.69, 9.17) is 11.6 Å². The quantitative estimate of drug-likeness (QED) is 0.926. The van der Waals surface area contributed by atoms with E-state index in [1.165, 1.54) is 11.3 Å². The number of amides is 1. The summed E-state index contributed by atoms with van der Waals surface area (Å²) in [6.07, 6.45) is 0.287. The molecule has 1 aromatic carbocycles. The fourth-order valence-electron chi connectivity index (χ4n) is 1.37. The summed E-state index contributed by atoms with van der Waals surface area (Å²) in [5.41, 5.74) is 4.20. The number of benzene rings is 1. The predicted molar refractivity (Wildman–Crippen MR) is 70.6 cm³/mol. The van der Waals surface area contributed by atoms with Crippen LogP contribution in [0.25, 0.3) is 0 Å². The summed E-state index contributed by atoms with van der Waals surface area (Å²) >= 11 is 7.46. The average molecular weight is 267 g/mol. The fourth-order valence-corrected chi connectivity index (χ4v) is 2.10. The number of carbonyl (C=O) groups is 1. The van der Waals surface area contributed by atoms with E-state index in [2.05, 4.69) is 10.3 Å². The van der Waals surface area contributed by atoms with Crippen molar-refractivity contribution in [2.75, 3.05) is 5.32 Å². The van der Waals surface area contributed by atoms with Crippen LogP contribution in [-0.4, -0.2) is 10.9 Å². The van der Waals surface area contributed by atoms with Crippen molar-refractivity contribution in [2.45, 2.75) is 13.3 Å². The normalized spacial score (nSPS) is 10.2. The average Bonchev–Trinajstić information content (AvgIpc) is 2.76. The minimum Gasteiger partial charge on any atom is -0.326 e. The highest BCUT2D eigenvalue weighted by Crippen LogP contribution is 2.20. The van der Waals surface area contributed by atoms with Gasteiger partial charge in [-0.25, -0.2) is 4.98 Å². The van der Waals surface area contributed by atoms with Crippen molar-refractivity contribution < 1.29 is 4.79 Å². The Balaban J connectivity index is 2.00. The highest BCUT2D eigenvalue weighted by atomic mass is 35.5. The Morgan fingerprint density at radius 1 is 1.53 bits per heavy atom. The molecule has 0 aliphatic carbocycles. The molecule has 0 radical (unpaired) electrons. The lowest BCUT2D eigenvalue weighted by atomic mass is 10.2. The van der Waals surface area contributed by atoms with Crippen LogP contribution in [0.15, 0.2) is 29.1 Å². The van der Waals surface area contributed by atoms with Crippen LogP contribution in [0, 0.1) is 6.92 Å². The Hall–Kier alpha value is -1.39. The van der Waals surface area contributed by atoms with Crippen LogP contribution in [0.4, 0.5) is 5.69 Å². The zero-order valence-corrected chi connectivity index (χ0v) is 10.8. The highest BCUT2D eigenvalue weighted by molar-refractivity contribution is 7.07. The molecule has 2 aromatic rings. The van der Waals surface area contributed by atoms with Crippen LogP contribution in [0.3, 0.4) is 0 Å². The lowest BCUT2D eigenvalue weighted by molar-refractivity contribution is -0.115. The van der Waals surface area contributed by atoms with Gasteiger partial charge in [0, 0.05) is 16.1 Å². The smallest absolute Gasteiger partial charge is 0.230 e. The summed E-state index contributed by atoms with van der Waals surface area (Å²) in [7, 11) is 0. The Kier molecular flexibility index (Phi) is 3.76. The first-order valence-electron chi connectivity index (χ1n) is 5.08. The summed E-state index contributed by atoms with van der Waals surface area (Å²) in [6, 6.07) is 5.46. The molecule has 0 fully saturated rings. The Morgan fingerprint density at radius 3 is 3.00 bits per heavy atom. The van der Waals surface area contributed by atoms with E-state index in [0.29, 0.717) is 10.7 Å². The Labute approximate surface area is 108 Å². The van der Waals surface area contributed by atoms with Crippen molar-refractivity contribution in [3.63, 3.8) is 0 Å². The molecule has 0 saturated carbocycles. The van der Waals surface area contributed by atoms with E-state index in [0.717, 1.165) is 11.3 Å². The number of nitrogens with one attached hydrogen (secondary N) is 1. The number of carbonyl (C=O) groups excluding carboxylic acids is 1. The second-order valence-corrected chi connectivity index (χ2v) is 4.79. The first kappa shape index (κ1) is 12.1.